The summed E-state index contributed by atoms with van der Waals surface area (Å²) >= 11 is 2.42. The second kappa shape index (κ2) is 8.01. The van der Waals surface area contributed by atoms with Crippen LogP contribution in [0.3, 0.4) is 0 Å². The van der Waals surface area contributed by atoms with Gasteiger partial charge in [-0.15, -0.1) is 17.9 Å². The molecule has 2 aromatic heterocycles. The largest absolute Gasteiger partial charge is 0.323 e. The lowest BCUT2D eigenvalue weighted by Gasteiger charge is -2.15. The van der Waals surface area contributed by atoms with E-state index in [-0.39, 0.29) is 17.8 Å². The van der Waals surface area contributed by atoms with Crippen molar-refractivity contribution in [2.45, 2.75) is 23.9 Å². The first-order chi connectivity index (χ1) is 12.9. The summed E-state index contributed by atoms with van der Waals surface area (Å²) in [6.45, 7) is 5.51. The van der Waals surface area contributed by atoms with E-state index in [1.54, 1.807) is 24.4 Å². The van der Waals surface area contributed by atoms with Gasteiger partial charge in [0, 0.05) is 12.6 Å². The maximum atomic E-state index is 13.7. The van der Waals surface area contributed by atoms with Crippen molar-refractivity contribution < 1.29 is 13.6 Å². The van der Waals surface area contributed by atoms with Crippen molar-refractivity contribution in [3.63, 3.8) is 0 Å². The molecule has 3 aromatic rings. The number of amides is 1. The Kier molecular flexibility index (Phi) is 5.71. The van der Waals surface area contributed by atoms with Gasteiger partial charge in [-0.25, -0.2) is 13.8 Å². The third-order valence-electron chi connectivity index (χ3n) is 3.70. The number of rotatable bonds is 6. The van der Waals surface area contributed by atoms with Gasteiger partial charge in [-0.2, -0.15) is 0 Å². The SMILES string of the molecule is C=CCn1c(SC(C)C(=O)Nc2ccc(F)cc2F)nc2sccc2c1=O. The van der Waals surface area contributed by atoms with E-state index in [0.29, 0.717) is 21.4 Å². The molecule has 1 atom stereocenters. The van der Waals surface area contributed by atoms with Crippen molar-refractivity contribution in [3.8, 4) is 0 Å². The Hall–Kier alpha value is -2.52. The predicted octanol–water partition coefficient (Wildman–Crippen LogP) is 4.04. The minimum atomic E-state index is -0.859. The molecule has 0 aliphatic heterocycles. The Morgan fingerprint density at radius 1 is 1.44 bits per heavy atom. The van der Waals surface area contributed by atoms with Crippen LogP contribution in [0.1, 0.15) is 6.92 Å². The van der Waals surface area contributed by atoms with Crippen LogP contribution in [0, 0.1) is 11.6 Å². The van der Waals surface area contributed by atoms with Crippen LogP contribution < -0.4 is 10.9 Å². The van der Waals surface area contributed by atoms with Gasteiger partial charge in [0.25, 0.3) is 5.56 Å². The highest BCUT2D eigenvalue weighted by Crippen LogP contribution is 2.26. The molecule has 0 spiro atoms. The number of anilines is 1. The number of carbonyl (C=O) groups excluding carboxylic acids is 1. The van der Waals surface area contributed by atoms with Crippen LogP contribution in [-0.2, 0) is 11.3 Å². The minimum Gasteiger partial charge on any atom is -0.323 e. The number of thiophene rings is 1. The first kappa shape index (κ1) is 19.2. The first-order valence-electron chi connectivity index (χ1n) is 7.92. The lowest BCUT2D eigenvalue weighted by atomic mass is 10.3. The van der Waals surface area contributed by atoms with Crippen molar-refractivity contribution in [1.29, 1.82) is 0 Å². The summed E-state index contributed by atoms with van der Waals surface area (Å²) < 4.78 is 28.2. The van der Waals surface area contributed by atoms with Crippen molar-refractivity contribution >= 4 is 44.9 Å². The van der Waals surface area contributed by atoms with Crippen LogP contribution in [-0.4, -0.2) is 20.7 Å². The van der Waals surface area contributed by atoms with E-state index in [0.717, 1.165) is 23.9 Å². The topological polar surface area (TPSA) is 64.0 Å². The number of nitrogens with one attached hydrogen (secondary N) is 1. The smallest absolute Gasteiger partial charge is 0.263 e. The van der Waals surface area contributed by atoms with Gasteiger partial charge in [0.1, 0.15) is 16.5 Å². The number of thioether (sulfide) groups is 1. The summed E-state index contributed by atoms with van der Waals surface area (Å²) in [7, 11) is 0. The van der Waals surface area contributed by atoms with Crippen LogP contribution in [0.25, 0.3) is 10.2 Å². The first-order valence-corrected chi connectivity index (χ1v) is 9.68. The van der Waals surface area contributed by atoms with Crippen LogP contribution in [0.5, 0.6) is 0 Å². The molecule has 0 aliphatic carbocycles. The molecule has 1 N–H and O–H groups in total. The fourth-order valence-electron chi connectivity index (χ4n) is 2.35. The predicted molar refractivity (Wildman–Crippen MR) is 104 cm³/mol. The molecule has 0 saturated heterocycles. The highest BCUT2D eigenvalue weighted by atomic mass is 32.2. The average molecular weight is 407 g/mol. The van der Waals surface area contributed by atoms with Crippen molar-refractivity contribution in [2.75, 3.05) is 5.32 Å². The monoisotopic (exact) mass is 407 g/mol. The van der Waals surface area contributed by atoms with Gasteiger partial charge in [-0.05, 0) is 30.5 Å². The molecule has 5 nitrogen and oxygen atoms in total. The van der Waals surface area contributed by atoms with Crippen LogP contribution in [0.15, 0.2) is 52.3 Å². The van der Waals surface area contributed by atoms with E-state index in [1.165, 1.54) is 15.9 Å². The lowest BCUT2D eigenvalue weighted by molar-refractivity contribution is -0.115. The zero-order chi connectivity index (χ0) is 19.6. The summed E-state index contributed by atoms with van der Waals surface area (Å²) in [4.78, 5) is 30.0. The number of halogens is 2. The van der Waals surface area contributed by atoms with Gasteiger partial charge in [0.15, 0.2) is 5.16 Å². The quantitative estimate of drug-likeness (QED) is 0.381. The summed E-state index contributed by atoms with van der Waals surface area (Å²) in [5.74, 6) is -2.08. The van der Waals surface area contributed by atoms with E-state index in [9.17, 15) is 18.4 Å². The van der Waals surface area contributed by atoms with Crippen LogP contribution >= 0.6 is 23.1 Å². The Bertz CT molecular complexity index is 1080. The van der Waals surface area contributed by atoms with E-state index in [2.05, 4.69) is 16.9 Å². The Labute approximate surface area is 161 Å². The molecule has 1 amide bonds. The molecule has 27 heavy (non-hydrogen) atoms. The van der Waals surface area contributed by atoms with E-state index in [1.807, 2.05) is 0 Å². The Morgan fingerprint density at radius 3 is 2.93 bits per heavy atom. The Balaban J connectivity index is 1.85. The number of fused-ring (bicyclic) bond motifs is 1. The third kappa shape index (κ3) is 4.09. The summed E-state index contributed by atoms with van der Waals surface area (Å²) in [5, 5.41) is 4.41. The van der Waals surface area contributed by atoms with Crippen molar-refractivity contribution in [2.24, 2.45) is 0 Å². The number of aromatic nitrogens is 2. The molecule has 0 bridgehead atoms. The molecule has 0 aliphatic rings. The maximum absolute atomic E-state index is 13.7. The van der Waals surface area contributed by atoms with Gasteiger partial charge in [0.2, 0.25) is 5.91 Å². The number of hydrogen-bond acceptors (Lipinski definition) is 5. The van der Waals surface area contributed by atoms with Gasteiger partial charge in [0.05, 0.1) is 16.3 Å². The fraction of sp³-hybridized carbons (Fsp3) is 0.167. The second-order valence-electron chi connectivity index (χ2n) is 5.61. The van der Waals surface area contributed by atoms with Crippen LogP contribution in [0.2, 0.25) is 0 Å². The number of carbonyl (C=O) groups is 1. The number of benzene rings is 1. The summed E-state index contributed by atoms with van der Waals surface area (Å²) in [6, 6.07) is 4.62. The molecule has 2 heterocycles. The van der Waals surface area contributed by atoms with E-state index >= 15 is 0 Å². The molecule has 0 radical (unpaired) electrons. The number of nitrogens with zero attached hydrogens (tertiary/aromatic N) is 2. The summed E-state index contributed by atoms with van der Waals surface area (Å²) in [6.07, 6.45) is 1.57. The molecule has 9 heteroatoms. The standard InChI is InChI=1S/C18H15F2N3O2S2/c1-3-7-23-17(25)12-6-8-26-16(12)22-18(23)27-10(2)15(24)21-14-5-4-11(19)9-13(14)20/h3-6,8-10H,1,7H2,2H3,(H,21,24). The molecule has 140 valence electrons. The fourth-order valence-corrected chi connectivity index (χ4v) is 4.07. The zero-order valence-electron chi connectivity index (χ0n) is 14.2. The average Bonchev–Trinajstić information content (AvgIpc) is 3.09. The highest BCUT2D eigenvalue weighted by Gasteiger charge is 2.20. The third-order valence-corrected chi connectivity index (χ3v) is 5.60. The van der Waals surface area contributed by atoms with E-state index in [4.69, 9.17) is 0 Å². The molecule has 1 unspecified atom stereocenters. The van der Waals surface area contributed by atoms with Crippen molar-refractivity contribution in [1.82, 2.24) is 9.55 Å². The van der Waals surface area contributed by atoms with Gasteiger partial charge >= 0.3 is 0 Å². The van der Waals surface area contributed by atoms with Gasteiger partial charge in [-0.3, -0.25) is 14.2 Å². The zero-order valence-corrected chi connectivity index (χ0v) is 15.9. The lowest BCUT2D eigenvalue weighted by Crippen LogP contribution is -2.26. The molecule has 0 saturated carbocycles. The van der Waals surface area contributed by atoms with Crippen molar-refractivity contribution in [3.05, 3.63) is 64.3 Å². The number of hydrogen-bond donors (Lipinski definition) is 1. The van der Waals surface area contributed by atoms with Gasteiger partial charge in [-0.1, -0.05) is 17.8 Å². The van der Waals surface area contributed by atoms with Gasteiger partial charge < -0.3 is 5.32 Å². The minimum absolute atomic E-state index is 0.112. The second-order valence-corrected chi connectivity index (χ2v) is 7.81. The number of allylic oxidation sites excluding steroid dienone is 1. The van der Waals surface area contributed by atoms with Crippen LogP contribution in [0.4, 0.5) is 14.5 Å². The molecule has 1 aromatic carbocycles. The van der Waals surface area contributed by atoms with E-state index < -0.39 is 22.8 Å². The molecule has 0 fully saturated rings. The maximum Gasteiger partial charge on any atom is 0.263 e. The molecule has 3 rings (SSSR count). The Morgan fingerprint density at radius 2 is 2.22 bits per heavy atom. The summed E-state index contributed by atoms with van der Waals surface area (Å²) in [5.41, 5.74) is -0.320. The normalized spacial score (nSPS) is 12.1. The molecular formula is C18H15F2N3O2S2. The molecular weight excluding hydrogens is 392 g/mol. The highest BCUT2D eigenvalue weighted by molar-refractivity contribution is 8.00.